The Hall–Kier alpha value is 0.666. The number of hydrogen-bond donors (Lipinski definition) is 0. The molecule has 0 atom stereocenters. The molecule has 0 aliphatic carbocycles. The van der Waals surface area contributed by atoms with Crippen LogP contribution < -0.4 is 12.4 Å². The number of halogens is 1. The predicted octanol–water partition coefficient (Wildman–Crippen LogP) is -1.59. The average molecular weight is 129 g/mol. The molecule has 7 heavy (non-hydrogen) atoms. The predicted molar refractivity (Wildman–Crippen MR) is 30.5 cm³/mol. The monoisotopic (exact) mass is 128 g/mol. The first kappa shape index (κ1) is 15.6. The maximum atomic E-state index is 3.52. The van der Waals surface area contributed by atoms with Crippen molar-refractivity contribution in [3.05, 3.63) is 18.6 Å². The van der Waals surface area contributed by atoms with E-state index in [9.17, 15) is 0 Å². The van der Waals surface area contributed by atoms with Gasteiger partial charge in [0, 0.05) is 0 Å². The number of allylic oxidation sites excluding steroid dienone is 1. The first-order chi connectivity index (χ1) is 2.27. The van der Waals surface area contributed by atoms with E-state index in [-0.39, 0.29) is 35.5 Å². The molecule has 0 bridgehead atoms. The Balaban J connectivity index is -0.0000000800. The molecule has 0 saturated carbocycles. The fourth-order valence-electron chi connectivity index (χ4n) is 0. The van der Waals surface area contributed by atoms with Crippen LogP contribution in [0.4, 0.5) is 0 Å². The molecular weight excluding hydrogens is 120 g/mol. The molecule has 38 valence electrons. The van der Waals surface area contributed by atoms with E-state index in [4.69, 9.17) is 0 Å². The van der Waals surface area contributed by atoms with Gasteiger partial charge in [-0.25, -0.2) is 18.6 Å². The van der Waals surface area contributed by atoms with Crippen LogP contribution in [0.15, 0.2) is 12.7 Å². The van der Waals surface area contributed by atoms with Crippen molar-refractivity contribution in [2.24, 2.45) is 0 Å². The fraction of sp³-hybridized carbons (Fsp3) is 0.400. The molecule has 0 nitrogen and oxygen atoms in total. The van der Waals surface area contributed by atoms with Gasteiger partial charge in [0.15, 0.2) is 0 Å². The third-order valence-electron chi connectivity index (χ3n) is 0.408. The summed E-state index contributed by atoms with van der Waals surface area (Å²) in [5.41, 5.74) is 0. The molecule has 0 saturated heterocycles. The van der Waals surface area contributed by atoms with E-state index in [2.05, 4.69) is 6.58 Å². The van der Waals surface area contributed by atoms with Crippen LogP contribution in [0.5, 0.6) is 0 Å². The normalized spacial score (nSPS) is 4.86. The third-order valence-corrected chi connectivity index (χ3v) is 0.408. The maximum Gasteiger partial charge on any atom is 2.00 e. The van der Waals surface area contributed by atoms with Crippen LogP contribution in [-0.4, -0.2) is 23.1 Å². The Morgan fingerprint density at radius 1 is 1.43 bits per heavy atom. The van der Waals surface area contributed by atoms with Crippen molar-refractivity contribution >= 4 is 23.1 Å². The molecule has 0 radical (unpaired) electrons. The van der Waals surface area contributed by atoms with Crippen LogP contribution in [0, 0.1) is 5.92 Å². The minimum atomic E-state index is 0. The Kier molecular flexibility index (Phi) is 22.0. The van der Waals surface area contributed by atoms with Crippen LogP contribution in [0.2, 0.25) is 0 Å². The summed E-state index contributed by atoms with van der Waals surface area (Å²) in [6, 6.07) is 0. The molecule has 2 heteroatoms. The number of hydrogen-bond acceptors (Lipinski definition) is 0. The van der Waals surface area contributed by atoms with Gasteiger partial charge in [-0.05, 0) is 0 Å². The molecule has 0 aromatic rings. The van der Waals surface area contributed by atoms with Crippen molar-refractivity contribution < 1.29 is 12.4 Å². The minimum Gasteiger partial charge on any atom is -1.00 e. The van der Waals surface area contributed by atoms with Crippen LogP contribution in [-0.2, 0) is 0 Å². The van der Waals surface area contributed by atoms with Gasteiger partial charge < -0.3 is 12.4 Å². The van der Waals surface area contributed by atoms with E-state index in [1.807, 2.05) is 19.9 Å². The van der Waals surface area contributed by atoms with Crippen molar-refractivity contribution in [2.75, 3.05) is 0 Å². The zero-order chi connectivity index (χ0) is 4.28. The summed E-state index contributed by atoms with van der Waals surface area (Å²) in [6.45, 7) is 7.56. The van der Waals surface area contributed by atoms with Gasteiger partial charge in [-0.2, -0.15) is 0 Å². The molecule has 0 fully saturated rings. The molecule has 0 unspecified atom stereocenters. The van der Waals surface area contributed by atoms with Gasteiger partial charge in [-0.15, -0.1) is 13.8 Å². The summed E-state index contributed by atoms with van der Waals surface area (Å²) < 4.78 is 0. The summed E-state index contributed by atoms with van der Waals surface area (Å²) in [4.78, 5) is 0. The quantitative estimate of drug-likeness (QED) is 0.295. The van der Waals surface area contributed by atoms with E-state index < -0.39 is 0 Å². The Labute approximate surface area is 67.9 Å². The fourth-order valence-corrected chi connectivity index (χ4v) is 0. The topological polar surface area (TPSA) is 0 Å². The summed E-state index contributed by atoms with van der Waals surface area (Å²) in [5, 5.41) is 0. The van der Waals surface area contributed by atoms with Crippen molar-refractivity contribution in [3.63, 3.8) is 0 Å². The smallest absolute Gasteiger partial charge is 1.00 e. The van der Waals surface area contributed by atoms with Gasteiger partial charge in [-0.1, -0.05) is 0 Å². The van der Waals surface area contributed by atoms with E-state index in [0.29, 0.717) is 0 Å². The first-order valence-corrected chi connectivity index (χ1v) is 1.70. The summed E-state index contributed by atoms with van der Waals surface area (Å²) in [7, 11) is 0. The first-order valence-electron chi connectivity index (χ1n) is 1.70. The summed E-state index contributed by atoms with van der Waals surface area (Å²) in [6.07, 6.45) is 1.83. The molecule has 0 amide bonds. The van der Waals surface area contributed by atoms with Crippen molar-refractivity contribution in [1.82, 2.24) is 0 Å². The Morgan fingerprint density at radius 3 is 1.57 bits per heavy atom. The number of rotatable bonds is 1. The van der Waals surface area contributed by atoms with Crippen molar-refractivity contribution in [2.45, 2.75) is 13.8 Å². The van der Waals surface area contributed by atoms with Gasteiger partial charge in [0.25, 0.3) is 0 Å². The summed E-state index contributed by atoms with van der Waals surface area (Å²) in [5.74, 6) is 1.27. The molecule has 0 heterocycles. The molecule has 0 rings (SSSR count). The van der Waals surface area contributed by atoms with Gasteiger partial charge in [0.2, 0.25) is 0 Å². The van der Waals surface area contributed by atoms with Crippen LogP contribution in [0.3, 0.4) is 0 Å². The molecular formula is C5H9ClMg. The molecule has 0 spiro atoms. The second-order valence-electron chi connectivity index (χ2n) is 1.28. The largest absolute Gasteiger partial charge is 2.00 e. The van der Waals surface area contributed by atoms with Gasteiger partial charge in [0.1, 0.15) is 0 Å². The van der Waals surface area contributed by atoms with Crippen LogP contribution >= 0.6 is 0 Å². The average Bonchev–Trinajstić information content (AvgIpc) is 1.38. The second kappa shape index (κ2) is 9.83. The zero-order valence-corrected chi connectivity index (χ0v) is 7.04. The van der Waals surface area contributed by atoms with E-state index >= 15 is 0 Å². The van der Waals surface area contributed by atoms with Gasteiger partial charge in [-0.3, -0.25) is 0 Å². The second-order valence-corrected chi connectivity index (χ2v) is 1.28. The SMILES string of the molecule is C=C[C-](C)C.[Cl-].[Mg+2]. The maximum absolute atomic E-state index is 3.52. The molecule has 0 aliphatic heterocycles. The van der Waals surface area contributed by atoms with E-state index in [0.717, 1.165) is 0 Å². The van der Waals surface area contributed by atoms with E-state index in [1.54, 1.807) is 0 Å². The van der Waals surface area contributed by atoms with Crippen LogP contribution in [0.1, 0.15) is 13.8 Å². The van der Waals surface area contributed by atoms with E-state index in [1.165, 1.54) is 5.92 Å². The third kappa shape index (κ3) is 20.4. The Bertz CT molecular complexity index is 35.1. The molecule has 0 aliphatic rings. The molecule has 0 aromatic carbocycles. The van der Waals surface area contributed by atoms with Crippen molar-refractivity contribution in [1.29, 1.82) is 0 Å². The zero-order valence-electron chi connectivity index (χ0n) is 4.87. The van der Waals surface area contributed by atoms with Gasteiger partial charge >= 0.3 is 23.1 Å². The van der Waals surface area contributed by atoms with Crippen LogP contribution in [0.25, 0.3) is 0 Å². The standard InChI is InChI=1S/C5H9.ClH.Mg/c1-4-5(2)3;;/h4H,1H2,2-3H3;1H;/q-1;;+2/p-1. The minimum absolute atomic E-state index is 0. The van der Waals surface area contributed by atoms with Crippen molar-refractivity contribution in [3.8, 4) is 0 Å². The molecule has 0 aromatic heterocycles. The molecule has 0 N–H and O–H groups in total. The Morgan fingerprint density at radius 2 is 1.57 bits per heavy atom. The van der Waals surface area contributed by atoms with Gasteiger partial charge in [0.05, 0.1) is 0 Å². The summed E-state index contributed by atoms with van der Waals surface area (Å²) >= 11 is 0.